The van der Waals surface area contributed by atoms with Gasteiger partial charge in [-0.3, -0.25) is 0 Å². The summed E-state index contributed by atoms with van der Waals surface area (Å²) in [6.45, 7) is 4.00. The van der Waals surface area contributed by atoms with Gasteiger partial charge in [0.25, 0.3) is 0 Å². The first kappa shape index (κ1) is 13.9. The van der Waals surface area contributed by atoms with Crippen LogP contribution in [0.15, 0.2) is 24.3 Å². The van der Waals surface area contributed by atoms with E-state index in [0.717, 1.165) is 0 Å². The van der Waals surface area contributed by atoms with Crippen molar-refractivity contribution >= 4 is 34.6 Å². The molecule has 0 N–H and O–H groups in total. The molecule has 0 atom stereocenters. The molecule has 2 aromatic carbocycles. The SMILES string of the molecule is CC.O=C1OC(=O)c2ccc3c4c(ccc1c24)C(=O)OC3=O. The Morgan fingerprint density at radius 1 is 0.545 bits per heavy atom. The molecule has 110 valence electrons. The number of carbonyl (C=O) groups excluding carboxylic acids is 4. The minimum atomic E-state index is -0.794. The van der Waals surface area contributed by atoms with Gasteiger partial charge in [0.2, 0.25) is 0 Å². The number of rotatable bonds is 0. The summed E-state index contributed by atoms with van der Waals surface area (Å²) in [7, 11) is 0. The Hall–Kier alpha value is -3.02. The van der Waals surface area contributed by atoms with Crippen molar-refractivity contribution in [3.05, 3.63) is 46.5 Å². The van der Waals surface area contributed by atoms with Crippen LogP contribution in [0, 0.1) is 0 Å². The van der Waals surface area contributed by atoms with E-state index in [-0.39, 0.29) is 33.0 Å². The number of cyclic esters (lactones) is 4. The van der Waals surface area contributed by atoms with Crippen LogP contribution in [-0.2, 0) is 9.47 Å². The van der Waals surface area contributed by atoms with Gasteiger partial charge in [-0.15, -0.1) is 0 Å². The molecule has 0 spiro atoms. The molecule has 0 bridgehead atoms. The molecule has 4 rings (SSSR count). The first-order valence-corrected chi connectivity index (χ1v) is 6.70. The highest BCUT2D eigenvalue weighted by Crippen LogP contribution is 2.36. The van der Waals surface area contributed by atoms with E-state index in [4.69, 9.17) is 0 Å². The van der Waals surface area contributed by atoms with Gasteiger partial charge in [-0.1, -0.05) is 13.8 Å². The zero-order valence-electron chi connectivity index (χ0n) is 11.8. The maximum Gasteiger partial charge on any atom is 0.346 e. The van der Waals surface area contributed by atoms with Gasteiger partial charge in [0.1, 0.15) is 0 Å². The Kier molecular flexibility index (Phi) is 3.02. The smallest absolute Gasteiger partial charge is 0.346 e. The third kappa shape index (κ3) is 1.67. The molecule has 2 aliphatic heterocycles. The molecular formula is C16H10O6. The van der Waals surface area contributed by atoms with Gasteiger partial charge in [-0.2, -0.15) is 0 Å². The van der Waals surface area contributed by atoms with Crippen molar-refractivity contribution in [2.75, 3.05) is 0 Å². The Balaban J connectivity index is 0.000000693. The van der Waals surface area contributed by atoms with Gasteiger partial charge < -0.3 is 9.47 Å². The highest BCUT2D eigenvalue weighted by molar-refractivity contribution is 6.29. The van der Waals surface area contributed by atoms with Crippen molar-refractivity contribution in [1.29, 1.82) is 0 Å². The fourth-order valence-corrected chi connectivity index (χ4v) is 2.56. The summed E-state index contributed by atoms with van der Waals surface area (Å²) < 4.78 is 9.22. The Bertz CT molecular complexity index is 739. The van der Waals surface area contributed by atoms with Gasteiger partial charge in [0.05, 0.1) is 22.3 Å². The van der Waals surface area contributed by atoms with E-state index < -0.39 is 23.9 Å². The minimum Gasteiger partial charge on any atom is -0.386 e. The zero-order chi connectivity index (χ0) is 16.0. The number of carbonyl (C=O) groups is 4. The lowest BCUT2D eigenvalue weighted by Gasteiger charge is -2.21. The number of benzene rings is 2. The largest absolute Gasteiger partial charge is 0.386 e. The van der Waals surface area contributed by atoms with E-state index >= 15 is 0 Å². The van der Waals surface area contributed by atoms with Crippen LogP contribution in [0.1, 0.15) is 55.3 Å². The maximum atomic E-state index is 11.7. The molecule has 0 fully saturated rings. The molecule has 2 aromatic rings. The number of esters is 4. The lowest BCUT2D eigenvalue weighted by molar-refractivity contribution is 0.0366. The normalized spacial score (nSPS) is 15.0. The van der Waals surface area contributed by atoms with E-state index in [9.17, 15) is 19.2 Å². The van der Waals surface area contributed by atoms with Crippen LogP contribution in [0.3, 0.4) is 0 Å². The number of ether oxygens (including phenoxy) is 2. The van der Waals surface area contributed by atoms with Crippen LogP contribution >= 0.6 is 0 Å². The average Bonchev–Trinajstić information content (AvgIpc) is 2.52. The topological polar surface area (TPSA) is 86.7 Å². The summed E-state index contributed by atoms with van der Waals surface area (Å²) in [6.07, 6.45) is 0. The van der Waals surface area contributed by atoms with Crippen LogP contribution in [0.25, 0.3) is 10.8 Å². The summed E-state index contributed by atoms with van der Waals surface area (Å²) in [5.41, 5.74) is 0.621. The van der Waals surface area contributed by atoms with Crippen molar-refractivity contribution in [3.63, 3.8) is 0 Å². The Morgan fingerprint density at radius 2 is 0.773 bits per heavy atom. The highest BCUT2D eigenvalue weighted by atomic mass is 16.6. The van der Waals surface area contributed by atoms with Gasteiger partial charge >= 0.3 is 23.9 Å². The summed E-state index contributed by atoms with van der Waals surface area (Å²) in [4.78, 5) is 46.9. The summed E-state index contributed by atoms with van der Waals surface area (Å²) >= 11 is 0. The molecule has 6 heteroatoms. The van der Waals surface area contributed by atoms with Crippen molar-refractivity contribution in [2.45, 2.75) is 13.8 Å². The molecule has 22 heavy (non-hydrogen) atoms. The quantitative estimate of drug-likeness (QED) is 0.548. The molecule has 0 saturated heterocycles. The molecule has 2 aliphatic rings. The van der Waals surface area contributed by atoms with Crippen LogP contribution < -0.4 is 0 Å². The lowest BCUT2D eigenvalue weighted by Crippen LogP contribution is -2.25. The molecular weight excluding hydrogens is 288 g/mol. The standard InChI is InChI=1S/C14H4O6.C2H6/c15-11-5-1-2-6-10-8(14(18)20-12(6)16)4-3-7(9(5)10)13(17)19-11;1-2/h1-4H;1-2H3. The molecule has 0 amide bonds. The van der Waals surface area contributed by atoms with Crippen molar-refractivity contribution < 1.29 is 28.7 Å². The third-order valence-corrected chi connectivity index (χ3v) is 3.41. The van der Waals surface area contributed by atoms with E-state index in [0.29, 0.717) is 0 Å². The van der Waals surface area contributed by atoms with E-state index in [1.165, 1.54) is 24.3 Å². The minimum absolute atomic E-state index is 0.155. The van der Waals surface area contributed by atoms with E-state index in [1.54, 1.807) is 0 Å². The molecule has 0 aliphatic carbocycles. The van der Waals surface area contributed by atoms with Crippen molar-refractivity contribution in [1.82, 2.24) is 0 Å². The Labute approximate surface area is 124 Å². The Morgan fingerprint density at radius 3 is 1.00 bits per heavy atom. The van der Waals surface area contributed by atoms with Crippen LogP contribution in [0.4, 0.5) is 0 Å². The molecule has 0 saturated carbocycles. The monoisotopic (exact) mass is 298 g/mol. The summed E-state index contributed by atoms with van der Waals surface area (Å²) in [5, 5.41) is 0.539. The van der Waals surface area contributed by atoms with E-state index in [1.807, 2.05) is 13.8 Å². The van der Waals surface area contributed by atoms with Gasteiger partial charge in [0.15, 0.2) is 0 Å². The average molecular weight is 298 g/mol. The molecule has 0 unspecified atom stereocenters. The van der Waals surface area contributed by atoms with Gasteiger partial charge in [0, 0.05) is 10.8 Å². The first-order chi connectivity index (χ1) is 10.6. The van der Waals surface area contributed by atoms with Crippen LogP contribution in [0.2, 0.25) is 0 Å². The third-order valence-electron chi connectivity index (χ3n) is 3.41. The van der Waals surface area contributed by atoms with Crippen molar-refractivity contribution in [3.8, 4) is 0 Å². The fraction of sp³-hybridized carbons (Fsp3) is 0.125. The highest BCUT2D eigenvalue weighted by Gasteiger charge is 2.34. The first-order valence-electron chi connectivity index (χ1n) is 6.70. The predicted octanol–water partition coefficient (Wildman–Crippen LogP) is 2.49. The summed E-state index contributed by atoms with van der Waals surface area (Å²) in [6, 6.07) is 5.54. The second-order valence-corrected chi connectivity index (χ2v) is 4.43. The number of hydrogen-bond donors (Lipinski definition) is 0. The molecule has 2 heterocycles. The number of hydrogen-bond acceptors (Lipinski definition) is 6. The van der Waals surface area contributed by atoms with Crippen molar-refractivity contribution in [2.24, 2.45) is 0 Å². The van der Waals surface area contributed by atoms with Gasteiger partial charge in [-0.05, 0) is 24.3 Å². The maximum absolute atomic E-state index is 11.7. The second kappa shape index (κ2) is 4.77. The summed E-state index contributed by atoms with van der Waals surface area (Å²) in [5.74, 6) is -3.18. The molecule has 0 radical (unpaired) electrons. The molecule has 6 nitrogen and oxygen atoms in total. The van der Waals surface area contributed by atoms with Crippen LogP contribution in [0.5, 0.6) is 0 Å². The predicted molar refractivity (Wildman–Crippen MR) is 74.8 cm³/mol. The second-order valence-electron chi connectivity index (χ2n) is 4.43. The van der Waals surface area contributed by atoms with E-state index in [2.05, 4.69) is 9.47 Å². The lowest BCUT2D eigenvalue weighted by atomic mass is 9.89. The zero-order valence-corrected chi connectivity index (χ0v) is 11.8. The van der Waals surface area contributed by atoms with Gasteiger partial charge in [-0.25, -0.2) is 19.2 Å². The fourth-order valence-electron chi connectivity index (χ4n) is 2.56. The van der Waals surface area contributed by atoms with Crippen LogP contribution in [-0.4, -0.2) is 23.9 Å². The molecule has 0 aromatic heterocycles.